The van der Waals surface area contributed by atoms with Crippen molar-refractivity contribution in [2.75, 3.05) is 6.61 Å². The minimum absolute atomic E-state index is 0.0875. The van der Waals surface area contributed by atoms with Gasteiger partial charge in [-0.1, -0.05) is 12.1 Å². The van der Waals surface area contributed by atoms with Crippen LogP contribution >= 0.6 is 0 Å². The Morgan fingerprint density at radius 3 is 1.94 bits per heavy atom. The number of ether oxygens (including phenoxy) is 1. The lowest BCUT2D eigenvalue weighted by molar-refractivity contribution is -0.142. The first-order valence-corrected chi connectivity index (χ1v) is 10.1. The highest BCUT2D eigenvalue weighted by Gasteiger charge is 2.38. The summed E-state index contributed by atoms with van der Waals surface area (Å²) in [4.78, 5) is 0. The zero-order valence-corrected chi connectivity index (χ0v) is 17.0. The monoisotopic (exact) mass is 464 g/mol. The molecule has 2 aromatic rings. The molecule has 1 nitrogen and oxygen atoms in total. The number of alkyl halides is 3. The van der Waals surface area contributed by atoms with Gasteiger partial charge in [-0.15, -0.1) is 0 Å². The van der Waals surface area contributed by atoms with Crippen molar-refractivity contribution in [2.45, 2.75) is 50.6 Å². The lowest BCUT2D eigenvalue weighted by Crippen LogP contribution is -2.16. The van der Waals surface area contributed by atoms with Crippen LogP contribution in [0.1, 0.15) is 66.7 Å². The average molecular weight is 464 g/mol. The van der Waals surface area contributed by atoms with Gasteiger partial charge < -0.3 is 4.74 Å². The Morgan fingerprint density at radius 1 is 0.875 bits per heavy atom. The van der Waals surface area contributed by atoms with Crippen molar-refractivity contribution >= 4 is 5.83 Å². The second-order valence-corrected chi connectivity index (χ2v) is 7.66. The maximum absolute atomic E-state index is 14.6. The topological polar surface area (TPSA) is 9.23 Å². The molecule has 0 N–H and O–H groups in total. The molecule has 3 rings (SSSR count). The van der Waals surface area contributed by atoms with Gasteiger partial charge in [-0.05, 0) is 73.8 Å². The first-order valence-electron chi connectivity index (χ1n) is 10.1. The van der Waals surface area contributed by atoms with Gasteiger partial charge in [-0.2, -0.15) is 22.0 Å². The lowest BCUT2D eigenvalue weighted by atomic mass is 9.76. The van der Waals surface area contributed by atoms with Crippen molar-refractivity contribution in [1.82, 2.24) is 0 Å². The highest BCUT2D eigenvalue weighted by Crippen LogP contribution is 2.43. The molecule has 0 atom stereocenters. The normalized spacial score (nSPS) is 20.2. The predicted octanol–water partition coefficient (Wildman–Crippen LogP) is 8.17. The lowest BCUT2D eigenvalue weighted by Gasteiger charge is -2.29. The van der Waals surface area contributed by atoms with Crippen LogP contribution < -0.4 is 0 Å². The van der Waals surface area contributed by atoms with Gasteiger partial charge in [0.15, 0.2) is 0 Å². The predicted molar refractivity (Wildman–Crippen MR) is 102 cm³/mol. The van der Waals surface area contributed by atoms with E-state index in [9.17, 15) is 35.1 Å². The van der Waals surface area contributed by atoms with Gasteiger partial charge >= 0.3 is 12.2 Å². The Morgan fingerprint density at radius 2 is 1.44 bits per heavy atom. The fraction of sp³-hybridized carbons (Fsp3) is 0.391. The molecular weight excluding hydrogens is 444 g/mol. The van der Waals surface area contributed by atoms with E-state index in [2.05, 4.69) is 4.74 Å². The molecule has 0 heterocycles. The summed E-state index contributed by atoms with van der Waals surface area (Å²) in [7, 11) is 0. The second kappa shape index (κ2) is 9.50. The summed E-state index contributed by atoms with van der Waals surface area (Å²) in [5.74, 6) is -6.01. The molecule has 0 amide bonds. The summed E-state index contributed by atoms with van der Waals surface area (Å²) >= 11 is 0. The first kappa shape index (κ1) is 24.1. The standard InChI is InChI=1S/C23H20F8O/c1-2-32-22(28)21(27)14-7-8-16(17(24)9-14)13-5-3-12(4-6-13)15-10-18(25)20(19(26)11-15)23(29,30)31/h7-13H,2-6H2,1H3. The molecule has 0 radical (unpaired) electrons. The van der Waals surface area contributed by atoms with E-state index in [0.29, 0.717) is 43.4 Å². The molecule has 0 spiro atoms. The molecule has 1 saturated carbocycles. The van der Waals surface area contributed by atoms with E-state index in [1.807, 2.05) is 0 Å². The van der Waals surface area contributed by atoms with Crippen LogP contribution in [0, 0.1) is 17.5 Å². The van der Waals surface area contributed by atoms with Gasteiger partial charge in [-0.3, -0.25) is 0 Å². The molecule has 32 heavy (non-hydrogen) atoms. The van der Waals surface area contributed by atoms with E-state index < -0.39 is 41.0 Å². The third kappa shape index (κ3) is 5.07. The Hall–Kier alpha value is -2.58. The highest BCUT2D eigenvalue weighted by molar-refractivity contribution is 5.60. The highest BCUT2D eigenvalue weighted by atomic mass is 19.4. The molecule has 1 aliphatic carbocycles. The van der Waals surface area contributed by atoms with Gasteiger partial charge in [0.1, 0.15) is 23.0 Å². The minimum Gasteiger partial charge on any atom is -0.469 e. The Kier molecular flexibility index (Phi) is 7.15. The first-order chi connectivity index (χ1) is 15.0. The van der Waals surface area contributed by atoms with Crippen molar-refractivity contribution in [2.24, 2.45) is 0 Å². The Balaban J connectivity index is 1.73. The van der Waals surface area contributed by atoms with Crippen molar-refractivity contribution in [3.8, 4) is 0 Å². The smallest absolute Gasteiger partial charge is 0.422 e. The van der Waals surface area contributed by atoms with Crippen LogP contribution in [0.15, 0.2) is 36.3 Å². The van der Waals surface area contributed by atoms with Crippen molar-refractivity contribution < 1.29 is 39.9 Å². The molecule has 0 unspecified atom stereocenters. The second-order valence-electron chi connectivity index (χ2n) is 7.66. The number of hydrogen-bond donors (Lipinski definition) is 0. The fourth-order valence-electron chi connectivity index (χ4n) is 4.14. The van der Waals surface area contributed by atoms with Gasteiger partial charge in [0.25, 0.3) is 0 Å². The zero-order valence-electron chi connectivity index (χ0n) is 17.0. The number of halogens is 8. The number of benzene rings is 2. The van der Waals surface area contributed by atoms with E-state index in [0.717, 1.165) is 6.07 Å². The van der Waals surface area contributed by atoms with Crippen molar-refractivity contribution in [3.63, 3.8) is 0 Å². The van der Waals surface area contributed by atoms with E-state index in [-0.39, 0.29) is 29.6 Å². The van der Waals surface area contributed by atoms with E-state index in [1.54, 1.807) is 0 Å². The molecule has 0 saturated heterocycles. The molecule has 0 aromatic heterocycles. The van der Waals surface area contributed by atoms with Gasteiger partial charge in [-0.25, -0.2) is 13.2 Å². The summed E-state index contributed by atoms with van der Waals surface area (Å²) < 4.78 is 112. The third-order valence-electron chi connectivity index (χ3n) is 5.68. The molecule has 0 aliphatic heterocycles. The van der Waals surface area contributed by atoms with Crippen molar-refractivity contribution in [1.29, 1.82) is 0 Å². The summed E-state index contributed by atoms with van der Waals surface area (Å²) in [6.45, 7) is 1.39. The van der Waals surface area contributed by atoms with E-state index in [4.69, 9.17) is 0 Å². The van der Waals surface area contributed by atoms with E-state index >= 15 is 0 Å². The van der Waals surface area contributed by atoms with Crippen LogP contribution in [-0.4, -0.2) is 6.61 Å². The fourth-order valence-corrected chi connectivity index (χ4v) is 4.14. The maximum atomic E-state index is 14.6. The van der Waals surface area contributed by atoms with Crippen LogP contribution in [-0.2, 0) is 10.9 Å². The molecule has 1 fully saturated rings. The Labute approximate surface area is 179 Å². The van der Waals surface area contributed by atoms with Crippen LogP contribution in [0.3, 0.4) is 0 Å². The summed E-state index contributed by atoms with van der Waals surface area (Å²) in [5.41, 5.74) is -1.80. The van der Waals surface area contributed by atoms with Gasteiger partial charge in [0.2, 0.25) is 5.83 Å². The molecule has 174 valence electrons. The molecule has 9 heteroatoms. The van der Waals surface area contributed by atoms with Gasteiger partial charge in [0.05, 0.1) is 6.61 Å². The zero-order chi connectivity index (χ0) is 23.6. The molecular formula is C23H20F8O. The molecule has 2 aromatic carbocycles. The largest absolute Gasteiger partial charge is 0.469 e. The SMILES string of the molecule is CCOC(F)=C(F)c1ccc(C2CCC(c3cc(F)c(C(F)(F)F)c(F)c3)CC2)c(F)c1. The molecule has 1 aliphatic rings. The van der Waals surface area contributed by atoms with Crippen LogP contribution in [0.2, 0.25) is 0 Å². The summed E-state index contributed by atoms with van der Waals surface area (Å²) in [6, 6.07) is 3.43. The Bertz CT molecular complexity index is 981. The quantitative estimate of drug-likeness (QED) is 0.320. The van der Waals surface area contributed by atoms with Crippen LogP contribution in [0.25, 0.3) is 5.83 Å². The van der Waals surface area contributed by atoms with Crippen LogP contribution in [0.5, 0.6) is 0 Å². The van der Waals surface area contributed by atoms with E-state index in [1.165, 1.54) is 19.1 Å². The average Bonchev–Trinajstić information content (AvgIpc) is 2.72. The number of rotatable bonds is 5. The third-order valence-corrected chi connectivity index (χ3v) is 5.68. The maximum Gasteiger partial charge on any atom is 0.422 e. The summed E-state index contributed by atoms with van der Waals surface area (Å²) in [6.07, 6.45) is -3.55. The van der Waals surface area contributed by atoms with Crippen LogP contribution in [0.4, 0.5) is 35.1 Å². The van der Waals surface area contributed by atoms with Crippen molar-refractivity contribution in [3.05, 3.63) is 76.1 Å². The number of hydrogen-bond acceptors (Lipinski definition) is 1. The van der Waals surface area contributed by atoms with Gasteiger partial charge in [0, 0.05) is 5.56 Å². The minimum atomic E-state index is -5.13. The summed E-state index contributed by atoms with van der Waals surface area (Å²) in [5, 5.41) is 0. The molecule has 0 bridgehead atoms.